The molecule has 0 aliphatic carbocycles. The average Bonchev–Trinajstić information content (AvgIpc) is 2.77. The highest BCUT2D eigenvalue weighted by Gasteiger charge is 2.23. The number of aromatic nitrogens is 2. The van der Waals surface area contributed by atoms with Gasteiger partial charge in [-0.3, -0.25) is 4.90 Å². The van der Waals surface area contributed by atoms with Crippen molar-refractivity contribution in [1.82, 2.24) is 19.4 Å². The quantitative estimate of drug-likeness (QED) is 0.828. The number of sulfonamides is 1. The highest BCUT2D eigenvalue weighted by molar-refractivity contribution is 7.88. The van der Waals surface area contributed by atoms with E-state index in [0.29, 0.717) is 13.1 Å². The van der Waals surface area contributed by atoms with Crippen LogP contribution in [0.3, 0.4) is 0 Å². The maximum atomic E-state index is 11.4. The zero-order valence-corrected chi connectivity index (χ0v) is 12.8. The Labute approximate surface area is 117 Å². The molecule has 1 aliphatic rings. The largest absolute Gasteiger partial charge is 0.360 e. The van der Waals surface area contributed by atoms with E-state index in [2.05, 4.69) is 20.4 Å². The summed E-state index contributed by atoms with van der Waals surface area (Å²) in [6.07, 6.45) is 1.26. The first-order valence-electron chi connectivity index (χ1n) is 6.22. The Kier molecular flexibility index (Phi) is 4.71. The second kappa shape index (κ2) is 6.12. The van der Waals surface area contributed by atoms with E-state index in [4.69, 9.17) is 0 Å². The molecule has 1 fully saturated rings. The van der Waals surface area contributed by atoms with Crippen molar-refractivity contribution in [2.24, 2.45) is 0 Å². The minimum atomic E-state index is -3.05. The van der Waals surface area contributed by atoms with Crippen LogP contribution in [-0.2, 0) is 16.6 Å². The molecule has 1 saturated heterocycles. The van der Waals surface area contributed by atoms with Gasteiger partial charge in [0.25, 0.3) is 0 Å². The van der Waals surface area contributed by atoms with Gasteiger partial charge in [-0.05, 0) is 6.92 Å². The first kappa shape index (κ1) is 14.6. The standard InChI is InChI=1S/C10H19N5O2S2/c1-3-11-10-13-12-9(18-10)8-14-4-6-15(7-5-14)19(2,16)17/h3-8H2,1-2H3,(H,11,13). The number of hydrogen-bond acceptors (Lipinski definition) is 7. The lowest BCUT2D eigenvalue weighted by Gasteiger charge is -2.32. The molecule has 0 amide bonds. The topological polar surface area (TPSA) is 78.4 Å². The van der Waals surface area contributed by atoms with Gasteiger partial charge in [-0.2, -0.15) is 4.31 Å². The first-order chi connectivity index (χ1) is 8.99. The van der Waals surface area contributed by atoms with Crippen molar-refractivity contribution < 1.29 is 8.42 Å². The minimum Gasteiger partial charge on any atom is -0.360 e. The van der Waals surface area contributed by atoms with E-state index in [1.165, 1.54) is 10.6 Å². The van der Waals surface area contributed by atoms with Crippen molar-refractivity contribution in [3.8, 4) is 0 Å². The third kappa shape index (κ3) is 4.10. The first-order valence-corrected chi connectivity index (χ1v) is 8.89. The number of nitrogens with one attached hydrogen (secondary N) is 1. The molecular weight excluding hydrogens is 286 g/mol. The van der Waals surface area contributed by atoms with Crippen molar-refractivity contribution in [3.05, 3.63) is 5.01 Å². The van der Waals surface area contributed by atoms with Crippen LogP contribution in [0.5, 0.6) is 0 Å². The van der Waals surface area contributed by atoms with Gasteiger partial charge in [0.05, 0.1) is 12.8 Å². The van der Waals surface area contributed by atoms with Gasteiger partial charge < -0.3 is 5.32 Å². The predicted molar refractivity (Wildman–Crippen MR) is 75.8 cm³/mol. The van der Waals surface area contributed by atoms with Gasteiger partial charge in [0.2, 0.25) is 15.2 Å². The molecule has 0 bridgehead atoms. The molecule has 2 rings (SSSR count). The van der Waals surface area contributed by atoms with Crippen LogP contribution in [0.25, 0.3) is 0 Å². The summed E-state index contributed by atoms with van der Waals surface area (Å²) in [4.78, 5) is 2.21. The summed E-state index contributed by atoms with van der Waals surface area (Å²) < 4.78 is 24.3. The van der Waals surface area contributed by atoms with Gasteiger partial charge in [-0.15, -0.1) is 10.2 Å². The summed E-state index contributed by atoms with van der Waals surface area (Å²) in [5.74, 6) is 0. The molecule has 1 N–H and O–H groups in total. The number of nitrogens with zero attached hydrogens (tertiary/aromatic N) is 4. The van der Waals surface area contributed by atoms with Gasteiger partial charge in [0, 0.05) is 32.7 Å². The Morgan fingerprint density at radius 3 is 2.53 bits per heavy atom. The number of rotatable bonds is 5. The average molecular weight is 305 g/mol. The lowest BCUT2D eigenvalue weighted by molar-refractivity contribution is 0.181. The van der Waals surface area contributed by atoms with Crippen LogP contribution in [0.15, 0.2) is 0 Å². The van der Waals surface area contributed by atoms with Crippen LogP contribution in [0.1, 0.15) is 11.9 Å². The van der Waals surface area contributed by atoms with Crippen molar-refractivity contribution >= 4 is 26.5 Å². The molecule has 9 heteroatoms. The second-order valence-corrected chi connectivity index (χ2v) is 7.51. The molecule has 7 nitrogen and oxygen atoms in total. The third-order valence-electron chi connectivity index (χ3n) is 2.95. The van der Waals surface area contributed by atoms with E-state index in [1.54, 1.807) is 11.3 Å². The molecule has 2 heterocycles. The van der Waals surface area contributed by atoms with Crippen LogP contribution in [0, 0.1) is 0 Å². The molecule has 0 atom stereocenters. The van der Waals surface area contributed by atoms with Gasteiger partial charge in [-0.25, -0.2) is 8.42 Å². The number of hydrogen-bond donors (Lipinski definition) is 1. The van der Waals surface area contributed by atoms with E-state index in [-0.39, 0.29) is 0 Å². The fraction of sp³-hybridized carbons (Fsp3) is 0.800. The van der Waals surface area contributed by atoms with Crippen LogP contribution in [0.2, 0.25) is 0 Å². The zero-order chi connectivity index (χ0) is 13.9. The molecule has 108 valence electrons. The smallest absolute Gasteiger partial charge is 0.211 e. The van der Waals surface area contributed by atoms with Gasteiger partial charge >= 0.3 is 0 Å². The molecule has 0 radical (unpaired) electrons. The number of piperazine rings is 1. The maximum Gasteiger partial charge on any atom is 0.211 e. The lowest BCUT2D eigenvalue weighted by atomic mass is 10.3. The molecule has 0 spiro atoms. The van der Waals surface area contributed by atoms with Gasteiger partial charge in [0.15, 0.2) is 0 Å². The Bertz CT molecular complexity index is 508. The fourth-order valence-corrected chi connectivity index (χ4v) is 3.63. The van der Waals surface area contributed by atoms with Crippen LogP contribution in [-0.4, -0.2) is 66.8 Å². The Balaban J connectivity index is 1.85. The van der Waals surface area contributed by atoms with Crippen LogP contribution in [0.4, 0.5) is 5.13 Å². The highest BCUT2D eigenvalue weighted by atomic mass is 32.2. The summed E-state index contributed by atoms with van der Waals surface area (Å²) in [6, 6.07) is 0. The van der Waals surface area contributed by atoms with E-state index in [9.17, 15) is 8.42 Å². The molecule has 1 aromatic rings. The fourth-order valence-electron chi connectivity index (χ4n) is 1.95. The number of anilines is 1. The van der Waals surface area contributed by atoms with Crippen molar-refractivity contribution in [2.75, 3.05) is 44.3 Å². The van der Waals surface area contributed by atoms with Crippen molar-refractivity contribution in [1.29, 1.82) is 0 Å². The molecule has 0 saturated carbocycles. The Morgan fingerprint density at radius 1 is 1.26 bits per heavy atom. The minimum absolute atomic E-state index is 0.553. The Hall–Kier alpha value is -0.770. The van der Waals surface area contributed by atoms with E-state index >= 15 is 0 Å². The molecule has 1 aliphatic heterocycles. The summed E-state index contributed by atoms with van der Waals surface area (Å²) in [5, 5.41) is 13.1. The van der Waals surface area contributed by atoms with E-state index in [1.807, 2.05) is 6.92 Å². The third-order valence-corrected chi connectivity index (χ3v) is 5.12. The maximum absolute atomic E-state index is 11.4. The lowest BCUT2D eigenvalue weighted by Crippen LogP contribution is -2.47. The van der Waals surface area contributed by atoms with Gasteiger partial charge in [0.1, 0.15) is 5.01 Å². The van der Waals surface area contributed by atoms with Crippen molar-refractivity contribution in [3.63, 3.8) is 0 Å². The van der Waals surface area contributed by atoms with Crippen LogP contribution >= 0.6 is 11.3 Å². The van der Waals surface area contributed by atoms with Crippen molar-refractivity contribution in [2.45, 2.75) is 13.5 Å². The molecular formula is C10H19N5O2S2. The SMILES string of the molecule is CCNc1nnc(CN2CCN(S(C)(=O)=O)CC2)s1. The summed E-state index contributed by atoms with van der Waals surface area (Å²) in [5.41, 5.74) is 0. The summed E-state index contributed by atoms with van der Waals surface area (Å²) in [6.45, 7) is 6.18. The molecule has 0 unspecified atom stereocenters. The second-order valence-electron chi connectivity index (χ2n) is 4.47. The Morgan fingerprint density at radius 2 is 1.95 bits per heavy atom. The van der Waals surface area contributed by atoms with E-state index in [0.717, 1.165) is 36.3 Å². The summed E-state index contributed by atoms with van der Waals surface area (Å²) in [7, 11) is -3.05. The zero-order valence-electron chi connectivity index (χ0n) is 11.2. The molecule has 19 heavy (non-hydrogen) atoms. The molecule has 1 aromatic heterocycles. The normalized spacial score (nSPS) is 18.6. The molecule has 0 aromatic carbocycles. The predicted octanol–water partition coefficient (Wildman–Crippen LogP) is 0.0471. The summed E-state index contributed by atoms with van der Waals surface area (Å²) >= 11 is 1.55. The monoisotopic (exact) mass is 305 g/mol. The van der Waals surface area contributed by atoms with E-state index < -0.39 is 10.0 Å². The highest BCUT2D eigenvalue weighted by Crippen LogP contribution is 2.17. The van der Waals surface area contributed by atoms with Crippen LogP contribution < -0.4 is 5.32 Å². The van der Waals surface area contributed by atoms with Gasteiger partial charge in [-0.1, -0.05) is 11.3 Å².